The molecule has 17 heavy (non-hydrogen) atoms. The summed E-state index contributed by atoms with van der Waals surface area (Å²) in [5.41, 5.74) is -0.226. The van der Waals surface area contributed by atoms with E-state index in [2.05, 4.69) is 4.98 Å². The molecule has 0 fully saturated rings. The third-order valence-corrected chi connectivity index (χ3v) is 2.53. The van der Waals surface area contributed by atoms with Crippen LogP contribution in [0.2, 0.25) is 0 Å². The predicted molar refractivity (Wildman–Crippen MR) is 56.9 cm³/mol. The summed E-state index contributed by atoms with van der Waals surface area (Å²) < 4.78 is 28.7. The van der Waals surface area contributed by atoms with Crippen LogP contribution < -0.4 is 5.69 Å². The minimum atomic E-state index is -2.64. The van der Waals surface area contributed by atoms with Gasteiger partial charge in [0.25, 0.3) is 0 Å². The monoisotopic (exact) mass is 242 g/mol. The zero-order valence-corrected chi connectivity index (χ0v) is 9.25. The molecule has 5 nitrogen and oxygen atoms in total. The van der Waals surface area contributed by atoms with Crippen molar-refractivity contribution in [3.05, 3.63) is 41.1 Å². The van der Waals surface area contributed by atoms with Crippen molar-refractivity contribution < 1.29 is 8.78 Å². The molecule has 0 radical (unpaired) electrons. The molecule has 0 N–H and O–H groups in total. The zero-order valence-electron chi connectivity index (χ0n) is 9.25. The quantitative estimate of drug-likeness (QED) is 0.811. The molecule has 0 amide bonds. The Labute approximate surface area is 95.9 Å². The van der Waals surface area contributed by atoms with Gasteiger partial charge in [0.05, 0.1) is 6.54 Å². The molecule has 2 heterocycles. The van der Waals surface area contributed by atoms with E-state index in [0.29, 0.717) is 6.54 Å². The van der Waals surface area contributed by atoms with Crippen LogP contribution in [0.15, 0.2) is 29.6 Å². The normalized spacial score (nSPS) is 11.3. The third kappa shape index (κ3) is 2.13. The van der Waals surface area contributed by atoms with Gasteiger partial charge in [-0.3, -0.25) is 13.7 Å². The SMILES string of the molecule is CCn1ccn(Cc2nccn2C(F)F)c1=O. The highest BCUT2D eigenvalue weighted by molar-refractivity contribution is 4.95. The molecule has 0 atom stereocenters. The molecule has 7 heteroatoms. The summed E-state index contributed by atoms with van der Waals surface area (Å²) in [5, 5.41) is 0. The minimum Gasteiger partial charge on any atom is -0.300 e. The van der Waals surface area contributed by atoms with E-state index in [-0.39, 0.29) is 18.1 Å². The number of aromatic nitrogens is 4. The van der Waals surface area contributed by atoms with Gasteiger partial charge >= 0.3 is 12.2 Å². The van der Waals surface area contributed by atoms with Gasteiger partial charge in [0.15, 0.2) is 0 Å². The van der Waals surface area contributed by atoms with Crippen molar-refractivity contribution in [3.8, 4) is 0 Å². The summed E-state index contributed by atoms with van der Waals surface area (Å²) in [4.78, 5) is 15.5. The molecule has 0 aromatic carbocycles. The lowest BCUT2D eigenvalue weighted by Gasteiger charge is -2.06. The first kappa shape index (κ1) is 11.6. The van der Waals surface area contributed by atoms with E-state index in [1.807, 2.05) is 6.92 Å². The Morgan fingerprint density at radius 1 is 1.29 bits per heavy atom. The van der Waals surface area contributed by atoms with Gasteiger partial charge in [-0.2, -0.15) is 8.78 Å². The van der Waals surface area contributed by atoms with E-state index in [4.69, 9.17) is 0 Å². The average molecular weight is 242 g/mol. The molecular weight excluding hydrogens is 230 g/mol. The van der Waals surface area contributed by atoms with Gasteiger partial charge in [0.1, 0.15) is 5.82 Å². The van der Waals surface area contributed by atoms with E-state index >= 15 is 0 Å². The highest BCUT2D eigenvalue weighted by Crippen LogP contribution is 2.12. The first-order valence-electron chi connectivity index (χ1n) is 5.19. The molecule has 0 saturated heterocycles. The molecule has 0 bridgehead atoms. The second kappa shape index (κ2) is 4.52. The van der Waals surface area contributed by atoms with Crippen LogP contribution in [0.1, 0.15) is 19.3 Å². The van der Waals surface area contributed by atoms with Crippen LogP contribution in [0.25, 0.3) is 0 Å². The van der Waals surface area contributed by atoms with Crippen molar-refractivity contribution in [2.24, 2.45) is 0 Å². The predicted octanol–water partition coefficient (Wildman–Crippen LogP) is 1.31. The molecular formula is C10H12F2N4O. The first-order valence-corrected chi connectivity index (χ1v) is 5.19. The summed E-state index contributed by atoms with van der Waals surface area (Å²) in [6.45, 7) is -0.208. The lowest BCUT2D eigenvalue weighted by Crippen LogP contribution is -2.25. The number of hydrogen-bond acceptors (Lipinski definition) is 2. The fourth-order valence-electron chi connectivity index (χ4n) is 1.61. The minimum absolute atomic E-state index is 0.0448. The third-order valence-electron chi connectivity index (χ3n) is 2.53. The molecule has 2 rings (SSSR count). The van der Waals surface area contributed by atoms with Crippen molar-refractivity contribution in [2.75, 3.05) is 0 Å². The number of imidazole rings is 2. The van der Waals surface area contributed by atoms with Crippen molar-refractivity contribution in [1.82, 2.24) is 18.7 Å². The fourth-order valence-corrected chi connectivity index (χ4v) is 1.61. The Morgan fingerprint density at radius 2 is 2.00 bits per heavy atom. The van der Waals surface area contributed by atoms with Gasteiger partial charge in [-0.25, -0.2) is 9.78 Å². The summed E-state index contributed by atoms with van der Waals surface area (Å²) in [5.74, 6) is 0.163. The van der Waals surface area contributed by atoms with Crippen molar-refractivity contribution in [1.29, 1.82) is 0 Å². The molecule has 0 unspecified atom stereocenters. The molecule has 0 spiro atoms. The van der Waals surface area contributed by atoms with E-state index in [1.165, 1.54) is 21.5 Å². The topological polar surface area (TPSA) is 44.8 Å². The number of aryl methyl sites for hydroxylation is 1. The largest absolute Gasteiger partial charge is 0.328 e. The standard InChI is InChI=1S/C10H12F2N4O/c1-2-14-5-6-15(10(14)17)7-8-13-3-4-16(8)9(11)12/h3-6,9H,2,7H2,1H3. The van der Waals surface area contributed by atoms with Crippen molar-refractivity contribution in [2.45, 2.75) is 26.6 Å². The van der Waals surface area contributed by atoms with Gasteiger partial charge in [0.2, 0.25) is 0 Å². The lowest BCUT2D eigenvalue weighted by atomic mass is 10.5. The maximum absolute atomic E-state index is 12.6. The van der Waals surface area contributed by atoms with E-state index in [0.717, 1.165) is 4.57 Å². The van der Waals surface area contributed by atoms with Crippen molar-refractivity contribution in [3.63, 3.8) is 0 Å². The number of rotatable bonds is 4. The maximum Gasteiger partial charge on any atom is 0.328 e. The second-order valence-electron chi connectivity index (χ2n) is 3.52. The molecule has 0 saturated carbocycles. The van der Waals surface area contributed by atoms with Crippen LogP contribution in [0.3, 0.4) is 0 Å². The maximum atomic E-state index is 12.6. The van der Waals surface area contributed by atoms with E-state index in [9.17, 15) is 13.6 Å². The molecule has 2 aromatic heterocycles. The molecule has 0 aliphatic carbocycles. The number of halogens is 2. The van der Waals surface area contributed by atoms with Crippen LogP contribution >= 0.6 is 0 Å². The highest BCUT2D eigenvalue weighted by atomic mass is 19.3. The number of hydrogen-bond donors (Lipinski definition) is 0. The van der Waals surface area contributed by atoms with Crippen LogP contribution in [0.4, 0.5) is 8.78 Å². The summed E-state index contributed by atoms with van der Waals surface area (Å²) in [7, 11) is 0. The zero-order chi connectivity index (χ0) is 12.4. The molecule has 92 valence electrons. The van der Waals surface area contributed by atoms with Gasteiger partial charge < -0.3 is 0 Å². The molecule has 0 aliphatic rings. The van der Waals surface area contributed by atoms with Gasteiger partial charge in [0, 0.05) is 31.3 Å². The van der Waals surface area contributed by atoms with Crippen LogP contribution in [0, 0.1) is 0 Å². The fraction of sp³-hybridized carbons (Fsp3) is 0.400. The Morgan fingerprint density at radius 3 is 2.59 bits per heavy atom. The lowest BCUT2D eigenvalue weighted by molar-refractivity contribution is 0.0666. The number of nitrogens with zero attached hydrogens (tertiary/aromatic N) is 4. The first-order chi connectivity index (χ1) is 8.13. The van der Waals surface area contributed by atoms with Gasteiger partial charge in [-0.1, -0.05) is 0 Å². The van der Waals surface area contributed by atoms with E-state index in [1.54, 1.807) is 12.4 Å². The van der Waals surface area contributed by atoms with Crippen LogP contribution in [0.5, 0.6) is 0 Å². The summed E-state index contributed by atoms with van der Waals surface area (Å²) in [6.07, 6.45) is 5.68. The van der Waals surface area contributed by atoms with E-state index < -0.39 is 6.55 Å². The van der Waals surface area contributed by atoms with Crippen molar-refractivity contribution >= 4 is 0 Å². The average Bonchev–Trinajstić information content (AvgIpc) is 2.88. The van der Waals surface area contributed by atoms with Gasteiger partial charge in [-0.15, -0.1) is 0 Å². The summed E-state index contributed by atoms with van der Waals surface area (Å²) >= 11 is 0. The number of alkyl halides is 2. The van der Waals surface area contributed by atoms with Crippen LogP contribution in [-0.4, -0.2) is 18.7 Å². The van der Waals surface area contributed by atoms with Gasteiger partial charge in [-0.05, 0) is 6.92 Å². The van der Waals surface area contributed by atoms with Crippen LogP contribution in [-0.2, 0) is 13.1 Å². The molecule has 2 aromatic rings. The smallest absolute Gasteiger partial charge is 0.300 e. The Bertz CT molecular complexity index is 555. The summed E-state index contributed by atoms with van der Waals surface area (Å²) in [6, 6.07) is 0. The second-order valence-corrected chi connectivity index (χ2v) is 3.52. The Hall–Kier alpha value is -1.92. The highest BCUT2D eigenvalue weighted by Gasteiger charge is 2.12. The molecule has 0 aliphatic heterocycles. The Balaban J connectivity index is 2.29. The Kier molecular flexibility index (Phi) is 3.08.